The predicted molar refractivity (Wildman–Crippen MR) is 121 cm³/mol. The van der Waals surface area contributed by atoms with Gasteiger partial charge in [0, 0.05) is 9.90 Å². The minimum Gasteiger partial charge on any atom is -0.279 e. The van der Waals surface area contributed by atoms with Gasteiger partial charge in [0.15, 0.2) is 0 Å². The second-order valence-electron chi connectivity index (χ2n) is 7.37. The molecule has 0 atom stereocenters. The number of fused-ring (bicyclic) bond motifs is 1. The minimum absolute atomic E-state index is 0.266. The molecule has 0 bridgehead atoms. The summed E-state index contributed by atoms with van der Waals surface area (Å²) in [5, 5.41) is 1.22. The summed E-state index contributed by atoms with van der Waals surface area (Å²) in [6, 6.07) is 13.1. The first kappa shape index (κ1) is 19.7. The lowest BCUT2D eigenvalue weighted by molar-refractivity contribution is 0.719. The second-order valence-corrected chi connectivity index (χ2v) is 9.01. The van der Waals surface area contributed by atoms with E-state index >= 15 is 0 Å². The van der Waals surface area contributed by atoms with Crippen LogP contribution in [0.4, 0.5) is 0 Å². The number of aryl methyl sites for hydroxylation is 4. The van der Waals surface area contributed by atoms with E-state index in [2.05, 4.69) is 0 Å². The van der Waals surface area contributed by atoms with Gasteiger partial charge in [0.1, 0.15) is 4.83 Å². The summed E-state index contributed by atoms with van der Waals surface area (Å²) in [5.41, 5.74) is 3.97. The third-order valence-electron chi connectivity index (χ3n) is 5.43. The minimum atomic E-state index is -0.341. The molecule has 6 heteroatoms. The van der Waals surface area contributed by atoms with Gasteiger partial charge in [-0.2, -0.15) is 0 Å². The van der Waals surface area contributed by atoms with Crippen LogP contribution in [0.3, 0.4) is 0 Å². The normalized spacial score (nSPS) is 11.3. The summed E-state index contributed by atoms with van der Waals surface area (Å²) < 4.78 is 2.97. The Morgan fingerprint density at radius 1 is 0.966 bits per heavy atom. The van der Waals surface area contributed by atoms with Gasteiger partial charge in [-0.05, 0) is 74.2 Å². The molecule has 0 aliphatic rings. The first-order chi connectivity index (χ1) is 13.8. The standard InChI is InChI=1S/C23H21ClN2O2S/c1-13-8-9-19(10-14(13)2)26-21(27)20-15(3)16(4)29-22(20)25(23(26)28)12-17-6-5-7-18(24)11-17/h5-11H,12H2,1-4H3. The van der Waals surface area contributed by atoms with E-state index in [0.717, 1.165) is 27.1 Å². The first-order valence-electron chi connectivity index (χ1n) is 9.35. The van der Waals surface area contributed by atoms with Crippen LogP contribution in [-0.2, 0) is 6.54 Å². The molecule has 4 rings (SSSR count). The smallest absolute Gasteiger partial charge is 0.279 e. The van der Waals surface area contributed by atoms with Crippen molar-refractivity contribution < 1.29 is 0 Å². The Morgan fingerprint density at radius 2 is 1.72 bits per heavy atom. The van der Waals surface area contributed by atoms with E-state index in [0.29, 0.717) is 27.5 Å². The van der Waals surface area contributed by atoms with Crippen LogP contribution in [0.5, 0.6) is 0 Å². The molecule has 0 aliphatic carbocycles. The molecule has 4 aromatic rings. The van der Waals surface area contributed by atoms with Crippen molar-refractivity contribution in [3.8, 4) is 5.69 Å². The monoisotopic (exact) mass is 424 g/mol. The molecule has 0 saturated carbocycles. The Kier molecular flexibility index (Phi) is 4.97. The van der Waals surface area contributed by atoms with Gasteiger partial charge < -0.3 is 0 Å². The number of benzene rings is 2. The SMILES string of the molecule is Cc1ccc(-n2c(=O)c3c(C)c(C)sc3n(Cc3cccc(Cl)c3)c2=O)cc1C. The van der Waals surface area contributed by atoms with Crippen molar-refractivity contribution in [1.82, 2.24) is 9.13 Å². The molecule has 2 heterocycles. The Morgan fingerprint density at radius 3 is 2.41 bits per heavy atom. The van der Waals surface area contributed by atoms with Gasteiger partial charge in [0.2, 0.25) is 0 Å². The van der Waals surface area contributed by atoms with Crippen LogP contribution in [-0.4, -0.2) is 9.13 Å². The van der Waals surface area contributed by atoms with Gasteiger partial charge >= 0.3 is 5.69 Å². The quantitative estimate of drug-likeness (QED) is 0.456. The molecule has 0 N–H and O–H groups in total. The summed E-state index contributed by atoms with van der Waals surface area (Å²) >= 11 is 7.63. The van der Waals surface area contributed by atoms with E-state index < -0.39 is 0 Å². The Hall–Kier alpha value is -2.63. The third kappa shape index (κ3) is 3.34. The maximum absolute atomic E-state index is 13.5. The molecule has 0 amide bonds. The molecule has 2 aromatic heterocycles. The van der Waals surface area contributed by atoms with E-state index in [-0.39, 0.29) is 11.2 Å². The summed E-state index contributed by atoms with van der Waals surface area (Å²) in [7, 11) is 0. The number of thiophene rings is 1. The zero-order valence-electron chi connectivity index (χ0n) is 16.7. The topological polar surface area (TPSA) is 44.0 Å². The molecule has 0 spiro atoms. The Bertz CT molecular complexity index is 1380. The molecule has 0 radical (unpaired) electrons. The largest absolute Gasteiger partial charge is 0.337 e. The molecule has 0 saturated heterocycles. The molecule has 29 heavy (non-hydrogen) atoms. The van der Waals surface area contributed by atoms with Crippen LogP contribution in [0.15, 0.2) is 52.1 Å². The van der Waals surface area contributed by atoms with Gasteiger partial charge in [-0.3, -0.25) is 9.36 Å². The predicted octanol–water partition coefficient (Wildman–Crippen LogP) is 5.15. The average molecular weight is 425 g/mol. The molecule has 0 fully saturated rings. The van der Waals surface area contributed by atoms with Crippen LogP contribution >= 0.6 is 22.9 Å². The van der Waals surface area contributed by atoms with E-state index in [9.17, 15) is 9.59 Å². The fourth-order valence-electron chi connectivity index (χ4n) is 3.51. The Balaban J connectivity index is 2.07. The van der Waals surface area contributed by atoms with E-state index in [1.54, 1.807) is 10.6 Å². The van der Waals surface area contributed by atoms with Gasteiger partial charge in [0.05, 0.1) is 17.6 Å². The van der Waals surface area contributed by atoms with Crippen LogP contribution < -0.4 is 11.2 Å². The van der Waals surface area contributed by atoms with Gasteiger partial charge in [-0.25, -0.2) is 9.36 Å². The van der Waals surface area contributed by atoms with E-state index in [1.807, 2.05) is 64.1 Å². The lowest BCUT2D eigenvalue weighted by atomic mass is 10.1. The second kappa shape index (κ2) is 7.32. The lowest BCUT2D eigenvalue weighted by Crippen LogP contribution is -2.39. The highest BCUT2D eigenvalue weighted by atomic mass is 35.5. The highest BCUT2D eigenvalue weighted by molar-refractivity contribution is 7.18. The third-order valence-corrected chi connectivity index (χ3v) is 6.89. The summed E-state index contributed by atoms with van der Waals surface area (Å²) in [5.74, 6) is 0. The Labute approximate surface area is 177 Å². The van der Waals surface area contributed by atoms with Crippen LogP contribution in [0, 0.1) is 27.7 Å². The summed E-state index contributed by atoms with van der Waals surface area (Å²) in [4.78, 5) is 28.6. The fraction of sp³-hybridized carbons (Fsp3) is 0.217. The molecule has 0 unspecified atom stereocenters. The van der Waals surface area contributed by atoms with Crippen LogP contribution in [0.1, 0.15) is 27.1 Å². The lowest BCUT2D eigenvalue weighted by Gasteiger charge is -2.13. The van der Waals surface area contributed by atoms with Crippen LogP contribution in [0.25, 0.3) is 15.9 Å². The zero-order valence-corrected chi connectivity index (χ0v) is 18.3. The van der Waals surface area contributed by atoms with Gasteiger partial charge in [-0.1, -0.05) is 29.8 Å². The molecule has 148 valence electrons. The van der Waals surface area contributed by atoms with Crippen molar-refractivity contribution in [3.63, 3.8) is 0 Å². The number of hydrogen-bond donors (Lipinski definition) is 0. The van der Waals surface area contributed by atoms with Crippen molar-refractivity contribution in [2.24, 2.45) is 0 Å². The molecular weight excluding hydrogens is 404 g/mol. The maximum Gasteiger partial charge on any atom is 0.337 e. The highest BCUT2D eigenvalue weighted by Gasteiger charge is 2.20. The van der Waals surface area contributed by atoms with Crippen LogP contribution in [0.2, 0.25) is 5.02 Å². The number of rotatable bonds is 3. The van der Waals surface area contributed by atoms with Crippen molar-refractivity contribution in [2.45, 2.75) is 34.2 Å². The highest BCUT2D eigenvalue weighted by Crippen LogP contribution is 2.28. The molecular formula is C23H21ClN2O2S. The van der Waals surface area contributed by atoms with E-state index in [1.165, 1.54) is 15.9 Å². The maximum atomic E-state index is 13.5. The van der Waals surface area contributed by atoms with Crippen molar-refractivity contribution in [1.29, 1.82) is 0 Å². The first-order valence-corrected chi connectivity index (χ1v) is 10.5. The molecule has 0 aliphatic heterocycles. The molecule has 2 aromatic carbocycles. The number of nitrogens with zero attached hydrogens (tertiary/aromatic N) is 2. The van der Waals surface area contributed by atoms with Gasteiger partial charge in [-0.15, -0.1) is 11.3 Å². The van der Waals surface area contributed by atoms with E-state index in [4.69, 9.17) is 11.6 Å². The molecule has 4 nitrogen and oxygen atoms in total. The number of hydrogen-bond acceptors (Lipinski definition) is 3. The zero-order chi connectivity index (χ0) is 20.9. The van der Waals surface area contributed by atoms with Crippen molar-refractivity contribution >= 4 is 33.2 Å². The summed E-state index contributed by atoms with van der Waals surface area (Å²) in [6.45, 7) is 8.25. The van der Waals surface area contributed by atoms with Crippen molar-refractivity contribution in [2.75, 3.05) is 0 Å². The average Bonchev–Trinajstić information content (AvgIpc) is 2.97. The fourth-order valence-corrected chi connectivity index (χ4v) is 4.86. The van der Waals surface area contributed by atoms with Gasteiger partial charge in [0.25, 0.3) is 5.56 Å². The number of aromatic nitrogens is 2. The number of halogens is 1. The van der Waals surface area contributed by atoms with Crippen molar-refractivity contribution in [3.05, 3.63) is 95.5 Å². The summed E-state index contributed by atoms with van der Waals surface area (Å²) in [6.07, 6.45) is 0.